The molecular formula is C22H24N4O3. The lowest BCUT2D eigenvalue weighted by atomic mass is 9.78. The normalized spacial score (nSPS) is 23.2. The van der Waals surface area contributed by atoms with Gasteiger partial charge in [0, 0.05) is 36.7 Å². The number of likely N-dealkylation sites (tertiary alicyclic amines) is 1. The Morgan fingerprint density at radius 1 is 1.28 bits per heavy atom. The van der Waals surface area contributed by atoms with Gasteiger partial charge < -0.3 is 19.6 Å². The highest BCUT2D eigenvalue weighted by Crippen LogP contribution is 2.40. The van der Waals surface area contributed by atoms with Gasteiger partial charge in [-0.1, -0.05) is 12.1 Å². The Bertz CT molecular complexity index is 1150. The second-order valence-electron chi connectivity index (χ2n) is 8.25. The molecule has 0 unspecified atom stereocenters. The second-order valence-corrected chi connectivity index (χ2v) is 8.25. The van der Waals surface area contributed by atoms with Crippen molar-refractivity contribution in [2.45, 2.75) is 31.7 Å². The largest absolute Gasteiger partial charge is 0.394 e. The Labute approximate surface area is 168 Å². The molecule has 1 aromatic carbocycles. The van der Waals surface area contributed by atoms with Crippen molar-refractivity contribution in [1.29, 1.82) is 0 Å². The molecule has 0 aliphatic carbocycles. The Hall–Kier alpha value is -2.93. The zero-order valence-corrected chi connectivity index (χ0v) is 16.3. The number of aliphatic hydroxyl groups excluding tert-OH is 1. The van der Waals surface area contributed by atoms with E-state index in [-0.39, 0.29) is 36.0 Å². The molecule has 5 rings (SSSR count). The number of aryl methyl sites for hydroxylation is 1. The SMILES string of the molecule is Cc1nc2ccc(CC(=O)N3C[C@H]4C[C@@H](C3)[C@H](CO)n3c4cccc3=O)cc2[nH]1. The molecule has 2 aliphatic heterocycles. The average Bonchev–Trinajstić information content (AvgIpc) is 3.08. The fourth-order valence-corrected chi connectivity index (χ4v) is 5.06. The number of H-pyrrole nitrogens is 1. The van der Waals surface area contributed by atoms with E-state index in [1.807, 2.05) is 36.1 Å². The monoisotopic (exact) mass is 392 g/mol. The number of carbonyl (C=O) groups excluding carboxylic acids is 1. The van der Waals surface area contributed by atoms with Gasteiger partial charge in [-0.3, -0.25) is 9.59 Å². The molecule has 2 N–H and O–H groups in total. The minimum atomic E-state index is -0.269. The highest BCUT2D eigenvalue weighted by Gasteiger charge is 2.41. The Balaban J connectivity index is 1.40. The van der Waals surface area contributed by atoms with Crippen molar-refractivity contribution < 1.29 is 9.90 Å². The summed E-state index contributed by atoms with van der Waals surface area (Å²) in [5.41, 5.74) is 3.66. The highest BCUT2D eigenvalue weighted by atomic mass is 16.3. The highest BCUT2D eigenvalue weighted by molar-refractivity contribution is 5.82. The molecule has 1 amide bonds. The maximum Gasteiger partial charge on any atom is 0.251 e. The Morgan fingerprint density at radius 2 is 2.14 bits per heavy atom. The number of nitrogens with one attached hydrogen (secondary N) is 1. The molecule has 1 fully saturated rings. The van der Waals surface area contributed by atoms with Crippen molar-refractivity contribution in [3.8, 4) is 0 Å². The molecule has 150 valence electrons. The van der Waals surface area contributed by atoms with Crippen molar-refractivity contribution in [3.63, 3.8) is 0 Å². The summed E-state index contributed by atoms with van der Waals surface area (Å²) >= 11 is 0. The summed E-state index contributed by atoms with van der Waals surface area (Å²) in [5, 5.41) is 9.96. The van der Waals surface area contributed by atoms with Crippen LogP contribution >= 0.6 is 0 Å². The van der Waals surface area contributed by atoms with Crippen LogP contribution in [0.25, 0.3) is 11.0 Å². The molecule has 7 heteroatoms. The van der Waals surface area contributed by atoms with Crippen LogP contribution < -0.4 is 5.56 Å². The molecular weight excluding hydrogens is 368 g/mol. The molecule has 0 radical (unpaired) electrons. The summed E-state index contributed by atoms with van der Waals surface area (Å²) in [7, 11) is 0. The first-order chi connectivity index (χ1) is 14.0. The number of carbonyl (C=O) groups is 1. The smallest absolute Gasteiger partial charge is 0.251 e. The number of pyridine rings is 1. The molecule has 2 bridgehead atoms. The molecule has 7 nitrogen and oxygen atoms in total. The number of rotatable bonds is 3. The van der Waals surface area contributed by atoms with Crippen molar-refractivity contribution in [2.24, 2.45) is 5.92 Å². The van der Waals surface area contributed by atoms with Crippen LogP contribution in [0.1, 0.15) is 35.5 Å². The summed E-state index contributed by atoms with van der Waals surface area (Å²) in [6.07, 6.45) is 1.23. The van der Waals surface area contributed by atoms with Gasteiger partial charge in [0.1, 0.15) is 5.82 Å². The van der Waals surface area contributed by atoms with Crippen LogP contribution in [0.5, 0.6) is 0 Å². The standard InChI is InChI=1S/C22H24N4O3/c1-13-23-17-6-5-14(7-18(17)24-13)8-22(29)25-10-15-9-16(11-25)20(12-27)26-19(15)3-2-4-21(26)28/h2-7,15-16,20,27H,8-12H2,1H3,(H,23,24)/t15-,16+,20+/m1/s1. The summed E-state index contributed by atoms with van der Waals surface area (Å²) in [6.45, 7) is 3.01. The van der Waals surface area contributed by atoms with E-state index in [9.17, 15) is 14.7 Å². The van der Waals surface area contributed by atoms with Gasteiger partial charge in [-0.05, 0) is 37.1 Å². The van der Waals surface area contributed by atoms with Crippen molar-refractivity contribution in [2.75, 3.05) is 19.7 Å². The van der Waals surface area contributed by atoms with Crippen LogP contribution in [0, 0.1) is 12.8 Å². The number of piperidine rings is 1. The number of imidazole rings is 1. The number of amides is 1. The zero-order valence-electron chi connectivity index (χ0n) is 16.3. The van der Waals surface area contributed by atoms with E-state index >= 15 is 0 Å². The topological polar surface area (TPSA) is 91.2 Å². The summed E-state index contributed by atoms with van der Waals surface area (Å²) in [4.78, 5) is 35.0. The number of hydrogen-bond donors (Lipinski definition) is 2. The quantitative estimate of drug-likeness (QED) is 0.711. The van der Waals surface area contributed by atoms with Crippen LogP contribution in [0.15, 0.2) is 41.2 Å². The van der Waals surface area contributed by atoms with Crippen molar-refractivity contribution in [3.05, 3.63) is 63.8 Å². The van der Waals surface area contributed by atoms with E-state index in [4.69, 9.17) is 0 Å². The van der Waals surface area contributed by atoms with Crippen molar-refractivity contribution in [1.82, 2.24) is 19.4 Å². The number of aromatic nitrogens is 3. The lowest BCUT2D eigenvalue weighted by Gasteiger charge is -2.46. The molecule has 3 atom stereocenters. The van der Waals surface area contributed by atoms with E-state index in [0.717, 1.165) is 34.5 Å². The molecule has 1 saturated heterocycles. The van der Waals surface area contributed by atoms with Crippen LogP contribution in [0.4, 0.5) is 0 Å². The van der Waals surface area contributed by atoms with Crippen molar-refractivity contribution >= 4 is 16.9 Å². The first-order valence-electron chi connectivity index (χ1n) is 10.1. The number of aliphatic hydroxyl groups is 1. The molecule has 29 heavy (non-hydrogen) atoms. The van der Waals surface area contributed by atoms with Crippen LogP contribution in [-0.4, -0.2) is 50.1 Å². The van der Waals surface area contributed by atoms with Gasteiger partial charge in [-0.2, -0.15) is 0 Å². The molecule has 0 saturated carbocycles. The molecule has 3 aromatic rings. The first kappa shape index (κ1) is 18.1. The Kier molecular flexibility index (Phi) is 4.28. The first-order valence-corrected chi connectivity index (χ1v) is 10.1. The van der Waals surface area contributed by atoms with Gasteiger partial charge in [-0.25, -0.2) is 4.98 Å². The van der Waals surface area contributed by atoms with E-state index in [1.165, 1.54) is 0 Å². The van der Waals surface area contributed by atoms with E-state index in [1.54, 1.807) is 16.7 Å². The van der Waals surface area contributed by atoms with Gasteiger partial charge in [0.15, 0.2) is 0 Å². The zero-order chi connectivity index (χ0) is 20.1. The Morgan fingerprint density at radius 3 is 2.97 bits per heavy atom. The number of aromatic amines is 1. The summed E-state index contributed by atoms with van der Waals surface area (Å²) in [6, 6.07) is 10.9. The minimum Gasteiger partial charge on any atom is -0.394 e. The third kappa shape index (κ3) is 3.06. The van der Waals surface area contributed by atoms with Crippen LogP contribution in [-0.2, 0) is 11.2 Å². The number of benzene rings is 1. The lowest BCUT2D eigenvalue weighted by molar-refractivity contribution is -0.133. The molecule has 4 heterocycles. The molecule has 0 spiro atoms. The van der Waals surface area contributed by atoms with Gasteiger partial charge >= 0.3 is 0 Å². The van der Waals surface area contributed by atoms with Gasteiger partial charge in [-0.15, -0.1) is 0 Å². The summed E-state index contributed by atoms with van der Waals surface area (Å²) in [5.74, 6) is 1.16. The van der Waals surface area contributed by atoms with E-state index in [0.29, 0.717) is 19.5 Å². The van der Waals surface area contributed by atoms with Gasteiger partial charge in [0.2, 0.25) is 5.91 Å². The third-order valence-electron chi connectivity index (χ3n) is 6.36. The van der Waals surface area contributed by atoms with E-state index < -0.39 is 0 Å². The molecule has 2 aromatic heterocycles. The number of hydrogen-bond acceptors (Lipinski definition) is 4. The maximum atomic E-state index is 13.1. The van der Waals surface area contributed by atoms with Gasteiger partial charge in [0.25, 0.3) is 5.56 Å². The number of fused-ring (bicyclic) bond motifs is 5. The average molecular weight is 392 g/mol. The summed E-state index contributed by atoms with van der Waals surface area (Å²) < 4.78 is 1.75. The van der Waals surface area contributed by atoms with E-state index in [2.05, 4.69) is 9.97 Å². The third-order valence-corrected chi connectivity index (χ3v) is 6.36. The lowest BCUT2D eigenvalue weighted by Crippen LogP contribution is -2.52. The predicted octanol–water partition coefficient (Wildman–Crippen LogP) is 1.75. The van der Waals surface area contributed by atoms with Crippen LogP contribution in [0.2, 0.25) is 0 Å². The maximum absolute atomic E-state index is 13.1. The number of nitrogens with zero attached hydrogens (tertiary/aromatic N) is 3. The van der Waals surface area contributed by atoms with Gasteiger partial charge in [0.05, 0.1) is 30.1 Å². The fraction of sp³-hybridized carbons (Fsp3) is 0.409. The fourth-order valence-electron chi connectivity index (χ4n) is 5.06. The van der Waals surface area contributed by atoms with Crippen LogP contribution in [0.3, 0.4) is 0 Å². The second kappa shape index (κ2) is 6.84. The minimum absolute atomic E-state index is 0.0702. The predicted molar refractivity (Wildman–Crippen MR) is 109 cm³/mol. The molecule has 2 aliphatic rings.